The van der Waals surface area contributed by atoms with Crippen LogP contribution >= 0.6 is 0 Å². The maximum Gasteiger partial charge on any atom is 0.228 e. The van der Waals surface area contributed by atoms with E-state index in [2.05, 4.69) is 25.3 Å². The van der Waals surface area contributed by atoms with Gasteiger partial charge in [0.15, 0.2) is 0 Å². The lowest BCUT2D eigenvalue weighted by molar-refractivity contribution is -0.133. The van der Waals surface area contributed by atoms with Crippen LogP contribution in [0.1, 0.15) is 24.4 Å². The highest BCUT2D eigenvalue weighted by molar-refractivity contribution is 5.74. The number of carbonyl (C=O) groups is 1. The van der Waals surface area contributed by atoms with Crippen LogP contribution < -0.4 is 5.32 Å². The Kier molecular flexibility index (Phi) is 3.47. The van der Waals surface area contributed by atoms with Gasteiger partial charge in [0.2, 0.25) is 11.9 Å². The van der Waals surface area contributed by atoms with Crippen LogP contribution in [0.3, 0.4) is 0 Å². The Bertz CT molecular complexity index is 654. The summed E-state index contributed by atoms with van der Waals surface area (Å²) in [6.07, 6.45) is 3.34. The topological polar surface area (TPSA) is 83.9 Å². The van der Waals surface area contributed by atoms with Crippen LogP contribution in [-0.2, 0) is 4.79 Å². The van der Waals surface area contributed by atoms with Gasteiger partial charge in [-0.05, 0) is 13.0 Å². The molecule has 108 valence electrons. The van der Waals surface area contributed by atoms with Gasteiger partial charge in [0, 0.05) is 44.4 Å². The van der Waals surface area contributed by atoms with Crippen LogP contribution in [0.25, 0.3) is 0 Å². The molecule has 1 aliphatic rings. The molecule has 21 heavy (non-hydrogen) atoms. The van der Waals surface area contributed by atoms with Gasteiger partial charge in [0.1, 0.15) is 11.6 Å². The Morgan fingerprint density at radius 3 is 2.67 bits per heavy atom. The summed E-state index contributed by atoms with van der Waals surface area (Å²) in [4.78, 5) is 30.1. The van der Waals surface area contributed by atoms with Gasteiger partial charge in [-0.1, -0.05) is 0 Å². The smallest absolute Gasteiger partial charge is 0.228 e. The van der Waals surface area contributed by atoms with Gasteiger partial charge in [-0.25, -0.2) is 19.9 Å². The van der Waals surface area contributed by atoms with Crippen molar-refractivity contribution in [2.45, 2.75) is 19.8 Å². The molecule has 0 atom stereocenters. The molecule has 0 radical (unpaired) electrons. The Labute approximate surface area is 122 Å². The Morgan fingerprint density at radius 2 is 2.00 bits per heavy atom. The molecule has 1 N–H and O–H groups in total. The zero-order chi connectivity index (χ0) is 14.8. The van der Waals surface area contributed by atoms with Gasteiger partial charge < -0.3 is 10.2 Å². The van der Waals surface area contributed by atoms with E-state index in [-0.39, 0.29) is 11.8 Å². The van der Waals surface area contributed by atoms with Crippen molar-refractivity contribution in [1.82, 2.24) is 24.8 Å². The van der Waals surface area contributed by atoms with E-state index in [4.69, 9.17) is 0 Å². The highest BCUT2D eigenvalue weighted by Gasteiger charge is 2.31. The zero-order valence-electron chi connectivity index (χ0n) is 11.9. The van der Waals surface area contributed by atoms with Crippen molar-refractivity contribution >= 4 is 17.7 Å². The van der Waals surface area contributed by atoms with Gasteiger partial charge in [-0.15, -0.1) is 0 Å². The van der Waals surface area contributed by atoms with Crippen LogP contribution in [0.15, 0.2) is 24.5 Å². The standard InChI is InChI=1S/C14H16N6O/c1-9-17-12(11-7-20(8-11)10(2)21)6-13(18-9)19-14-15-4-3-5-16-14/h3-6,11H,7-8H2,1-2H3,(H,15,16,17,18,19). The largest absolute Gasteiger partial charge is 0.341 e. The molecule has 2 aromatic heterocycles. The van der Waals surface area contributed by atoms with Crippen LogP contribution in [0, 0.1) is 6.92 Å². The highest BCUT2D eigenvalue weighted by Crippen LogP contribution is 2.27. The lowest BCUT2D eigenvalue weighted by Crippen LogP contribution is -2.47. The first-order chi connectivity index (χ1) is 10.1. The van der Waals surface area contributed by atoms with E-state index < -0.39 is 0 Å². The van der Waals surface area contributed by atoms with E-state index in [1.54, 1.807) is 30.3 Å². The third-order valence-electron chi connectivity index (χ3n) is 3.41. The maximum atomic E-state index is 11.2. The fourth-order valence-corrected chi connectivity index (χ4v) is 2.26. The second-order valence-corrected chi connectivity index (χ2v) is 5.04. The number of nitrogens with zero attached hydrogens (tertiary/aromatic N) is 5. The number of amides is 1. The first-order valence-electron chi connectivity index (χ1n) is 6.77. The molecule has 3 heterocycles. The molecule has 7 heteroatoms. The van der Waals surface area contributed by atoms with Crippen molar-refractivity contribution in [2.24, 2.45) is 0 Å². The van der Waals surface area contributed by atoms with E-state index in [1.807, 2.05) is 13.0 Å². The average molecular weight is 284 g/mol. The van der Waals surface area contributed by atoms with E-state index in [1.165, 1.54) is 0 Å². The summed E-state index contributed by atoms with van der Waals surface area (Å²) in [5.74, 6) is 2.23. The lowest BCUT2D eigenvalue weighted by atomic mass is 9.96. The molecule has 1 amide bonds. The minimum absolute atomic E-state index is 0.105. The lowest BCUT2D eigenvalue weighted by Gasteiger charge is -2.38. The first kappa shape index (κ1) is 13.4. The van der Waals surface area contributed by atoms with Gasteiger partial charge in [-0.3, -0.25) is 4.79 Å². The van der Waals surface area contributed by atoms with Crippen molar-refractivity contribution in [3.63, 3.8) is 0 Å². The van der Waals surface area contributed by atoms with Crippen molar-refractivity contribution in [3.8, 4) is 0 Å². The fraction of sp³-hybridized carbons (Fsp3) is 0.357. The summed E-state index contributed by atoms with van der Waals surface area (Å²) in [6.45, 7) is 4.86. The van der Waals surface area contributed by atoms with Crippen molar-refractivity contribution < 1.29 is 4.79 Å². The van der Waals surface area contributed by atoms with Crippen LogP contribution in [0.4, 0.5) is 11.8 Å². The molecule has 3 rings (SSSR count). The molecule has 0 aliphatic carbocycles. The number of carbonyl (C=O) groups excluding carboxylic acids is 1. The average Bonchev–Trinajstić information content (AvgIpc) is 2.37. The van der Waals surface area contributed by atoms with Crippen molar-refractivity contribution in [2.75, 3.05) is 18.4 Å². The molecule has 1 aliphatic heterocycles. The first-order valence-corrected chi connectivity index (χ1v) is 6.77. The third kappa shape index (κ3) is 2.96. The maximum absolute atomic E-state index is 11.2. The summed E-state index contributed by atoms with van der Waals surface area (Å²) >= 11 is 0. The molecule has 0 saturated carbocycles. The number of hydrogen-bond donors (Lipinski definition) is 1. The molecule has 0 unspecified atom stereocenters. The Morgan fingerprint density at radius 1 is 1.29 bits per heavy atom. The molecule has 7 nitrogen and oxygen atoms in total. The third-order valence-corrected chi connectivity index (χ3v) is 3.41. The number of aromatic nitrogens is 4. The van der Waals surface area contributed by atoms with Gasteiger partial charge >= 0.3 is 0 Å². The quantitative estimate of drug-likeness (QED) is 0.913. The monoisotopic (exact) mass is 284 g/mol. The number of likely N-dealkylation sites (tertiary alicyclic amines) is 1. The summed E-state index contributed by atoms with van der Waals surface area (Å²) in [5, 5.41) is 3.07. The van der Waals surface area contributed by atoms with Crippen molar-refractivity contribution in [1.29, 1.82) is 0 Å². The minimum atomic E-state index is 0.105. The van der Waals surface area contributed by atoms with Gasteiger partial charge in [-0.2, -0.15) is 0 Å². The molecule has 0 bridgehead atoms. The Hall–Kier alpha value is -2.57. The predicted octanol–water partition coefficient (Wildman–Crippen LogP) is 1.26. The predicted molar refractivity (Wildman–Crippen MR) is 77.1 cm³/mol. The van der Waals surface area contributed by atoms with Crippen LogP contribution in [0.2, 0.25) is 0 Å². The minimum Gasteiger partial charge on any atom is -0.341 e. The molecule has 2 aromatic rings. The second kappa shape index (κ2) is 5.43. The summed E-state index contributed by atoms with van der Waals surface area (Å²) in [5.41, 5.74) is 0.943. The molecular formula is C14H16N6O. The Balaban J connectivity index is 1.76. The van der Waals surface area contributed by atoms with Crippen LogP contribution in [-0.4, -0.2) is 43.8 Å². The number of nitrogens with one attached hydrogen (secondary N) is 1. The fourth-order valence-electron chi connectivity index (χ4n) is 2.26. The SMILES string of the molecule is CC(=O)N1CC(c2cc(Nc3ncccn3)nc(C)n2)C1. The molecule has 1 fully saturated rings. The second-order valence-electron chi connectivity index (χ2n) is 5.04. The summed E-state index contributed by atoms with van der Waals surface area (Å²) < 4.78 is 0. The van der Waals surface area contributed by atoms with E-state index >= 15 is 0 Å². The number of rotatable bonds is 3. The van der Waals surface area contributed by atoms with Gasteiger partial charge in [0.05, 0.1) is 5.69 Å². The number of anilines is 2. The molecule has 0 spiro atoms. The summed E-state index contributed by atoms with van der Waals surface area (Å²) in [6, 6.07) is 3.65. The highest BCUT2D eigenvalue weighted by atomic mass is 16.2. The van der Waals surface area contributed by atoms with E-state index in [9.17, 15) is 4.79 Å². The van der Waals surface area contributed by atoms with E-state index in [0.717, 1.165) is 5.69 Å². The van der Waals surface area contributed by atoms with Crippen molar-refractivity contribution in [3.05, 3.63) is 36.0 Å². The number of hydrogen-bond acceptors (Lipinski definition) is 6. The molecule has 0 aromatic carbocycles. The van der Waals surface area contributed by atoms with Gasteiger partial charge in [0.25, 0.3) is 0 Å². The normalized spacial score (nSPS) is 14.7. The van der Waals surface area contributed by atoms with E-state index in [0.29, 0.717) is 30.7 Å². The van der Waals surface area contributed by atoms with Crippen LogP contribution in [0.5, 0.6) is 0 Å². The molecule has 1 saturated heterocycles. The number of aryl methyl sites for hydroxylation is 1. The summed E-state index contributed by atoms with van der Waals surface area (Å²) in [7, 11) is 0. The molecular weight excluding hydrogens is 268 g/mol. The zero-order valence-corrected chi connectivity index (χ0v) is 11.9.